The highest BCUT2D eigenvalue weighted by atomic mass is 16.1. The largest absolute Gasteiger partial charge is 0.322 e. The van der Waals surface area contributed by atoms with E-state index in [0.29, 0.717) is 28.7 Å². The zero-order chi connectivity index (χ0) is 21.3. The number of amides is 1. The Morgan fingerprint density at radius 3 is 2.53 bits per heavy atom. The van der Waals surface area contributed by atoms with Crippen LogP contribution in [0.5, 0.6) is 0 Å². The Kier molecular flexibility index (Phi) is 5.19. The van der Waals surface area contributed by atoms with Crippen LogP contribution in [-0.2, 0) is 6.54 Å². The normalized spacial score (nSPS) is 10.9. The number of rotatable bonds is 4. The molecule has 0 aliphatic rings. The van der Waals surface area contributed by atoms with Crippen molar-refractivity contribution in [2.24, 2.45) is 0 Å². The number of hydrogen-bond donors (Lipinski definition) is 1. The summed E-state index contributed by atoms with van der Waals surface area (Å²) in [6.07, 6.45) is 1.75. The Morgan fingerprint density at radius 1 is 1.00 bits per heavy atom. The molecule has 0 atom stereocenters. The van der Waals surface area contributed by atoms with Gasteiger partial charge in [-0.05, 0) is 55.7 Å². The molecule has 5 nitrogen and oxygen atoms in total. The second kappa shape index (κ2) is 7.95. The van der Waals surface area contributed by atoms with Gasteiger partial charge in [-0.15, -0.1) is 0 Å². The van der Waals surface area contributed by atoms with E-state index in [-0.39, 0.29) is 11.5 Å². The third-order valence-corrected chi connectivity index (χ3v) is 5.23. The molecule has 0 fully saturated rings. The lowest BCUT2D eigenvalue weighted by Crippen LogP contribution is -2.22. The van der Waals surface area contributed by atoms with E-state index < -0.39 is 0 Å². The number of nitrogens with one attached hydrogen (secondary N) is 1. The van der Waals surface area contributed by atoms with E-state index in [1.807, 2.05) is 68.4 Å². The Labute approximate surface area is 175 Å². The van der Waals surface area contributed by atoms with Crippen molar-refractivity contribution in [1.82, 2.24) is 9.55 Å². The topological polar surface area (TPSA) is 64.0 Å². The second-order valence-corrected chi connectivity index (χ2v) is 7.56. The van der Waals surface area contributed by atoms with Crippen LogP contribution in [0.25, 0.3) is 10.9 Å². The van der Waals surface area contributed by atoms with Gasteiger partial charge in [-0.3, -0.25) is 14.6 Å². The number of carbonyl (C=O) groups excluding carboxylic acids is 1. The van der Waals surface area contributed by atoms with Gasteiger partial charge < -0.3 is 9.88 Å². The lowest BCUT2D eigenvalue weighted by atomic mass is 10.1. The standard InChI is InChI=1S/C25H23N3O2/c1-16-9-10-17(2)23(13-16)27-24(29)20-14-21-22(26-18(20)3)11-12-28(25(21)30)15-19-7-5-4-6-8-19/h4-14H,15H2,1-3H3,(H,27,29). The molecule has 30 heavy (non-hydrogen) atoms. The fourth-order valence-corrected chi connectivity index (χ4v) is 3.50. The number of pyridine rings is 2. The average molecular weight is 397 g/mol. The summed E-state index contributed by atoms with van der Waals surface area (Å²) >= 11 is 0. The lowest BCUT2D eigenvalue weighted by molar-refractivity contribution is 0.102. The number of aryl methyl sites for hydroxylation is 3. The van der Waals surface area contributed by atoms with Gasteiger partial charge in [0.25, 0.3) is 11.5 Å². The Hall–Kier alpha value is -3.73. The highest BCUT2D eigenvalue weighted by Gasteiger charge is 2.15. The van der Waals surface area contributed by atoms with Gasteiger partial charge in [0.1, 0.15) is 0 Å². The maximum absolute atomic E-state index is 13.1. The summed E-state index contributed by atoms with van der Waals surface area (Å²) in [5.41, 5.74) is 5.25. The first-order valence-corrected chi connectivity index (χ1v) is 9.86. The maximum atomic E-state index is 13.1. The molecule has 0 aliphatic carbocycles. The molecule has 2 heterocycles. The van der Waals surface area contributed by atoms with Gasteiger partial charge >= 0.3 is 0 Å². The third kappa shape index (κ3) is 3.87. The first-order chi connectivity index (χ1) is 14.4. The van der Waals surface area contributed by atoms with Crippen LogP contribution in [0.4, 0.5) is 5.69 Å². The molecule has 0 radical (unpaired) electrons. The van der Waals surface area contributed by atoms with Crippen molar-refractivity contribution >= 4 is 22.5 Å². The van der Waals surface area contributed by atoms with Crippen LogP contribution in [-0.4, -0.2) is 15.5 Å². The Bertz CT molecular complexity index is 1310. The van der Waals surface area contributed by atoms with E-state index in [1.54, 1.807) is 23.8 Å². The summed E-state index contributed by atoms with van der Waals surface area (Å²) in [5, 5.41) is 3.39. The van der Waals surface area contributed by atoms with Gasteiger partial charge in [-0.1, -0.05) is 42.5 Å². The maximum Gasteiger partial charge on any atom is 0.260 e. The minimum Gasteiger partial charge on any atom is -0.322 e. The van der Waals surface area contributed by atoms with Gasteiger partial charge in [0, 0.05) is 11.9 Å². The fraction of sp³-hybridized carbons (Fsp3) is 0.160. The summed E-state index contributed by atoms with van der Waals surface area (Å²) in [6, 6.07) is 19.2. The number of fused-ring (bicyclic) bond motifs is 1. The van der Waals surface area contributed by atoms with E-state index >= 15 is 0 Å². The summed E-state index contributed by atoms with van der Waals surface area (Å²) < 4.78 is 1.64. The van der Waals surface area contributed by atoms with Gasteiger partial charge in [0.15, 0.2) is 0 Å². The third-order valence-electron chi connectivity index (χ3n) is 5.23. The number of hydrogen-bond acceptors (Lipinski definition) is 3. The Balaban J connectivity index is 1.72. The summed E-state index contributed by atoms with van der Waals surface area (Å²) in [4.78, 5) is 30.5. The SMILES string of the molecule is Cc1ccc(C)c(NC(=O)c2cc3c(=O)n(Cc4ccccc4)ccc3nc2C)c1. The van der Waals surface area contributed by atoms with Crippen molar-refractivity contribution in [2.75, 3.05) is 5.32 Å². The van der Waals surface area contributed by atoms with Gasteiger partial charge in [0.05, 0.1) is 28.7 Å². The lowest BCUT2D eigenvalue weighted by Gasteiger charge is -2.12. The zero-order valence-corrected chi connectivity index (χ0v) is 17.3. The monoisotopic (exact) mass is 397 g/mol. The van der Waals surface area contributed by atoms with Crippen molar-refractivity contribution in [1.29, 1.82) is 0 Å². The molecule has 4 rings (SSSR count). The van der Waals surface area contributed by atoms with E-state index in [2.05, 4.69) is 10.3 Å². The molecule has 5 heteroatoms. The summed E-state index contributed by atoms with van der Waals surface area (Å²) in [5.74, 6) is -0.270. The molecule has 150 valence electrons. The van der Waals surface area contributed by atoms with Gasteiger partial charge in [-0.2, -0.15) is 0 Å². The molecule has 1 N–H and O–H groups in total. The Morgan fingerprint density at radius 2 is 1.77 bits per heavy atom. The predicted molar refractivity (Wildman–Crippen MR) is 120 cm³/mol. The number of carbonyl (C=O) groups is 1. The minimum atomic E-state index is -0.270. The summed E-state index contributed by atoms with van der Waals surface area (Å²) in [7, 11) is 0. The van der Waals surface area contributed by atoms with Crippen LogP contribution in [0.1, 0.15) is 32.7 Å². The number of nitrogens with zero attached hydrogens (tertiary/aromatic N) is 2. The van der Waals surface area contributed by atoms with Gasteiger partial charge in [-0.25, -0.2) is 0 Å². The molecule has 0 unspecified atom stereocenters. The number of anilines is 1. The molecule has 0 saturated heterocycles. The van der Waals surface area contributed by atoms with Crippen LogP contribution in [0.15, 0.2) is 71.7 Å². The predicted octanol–water partition coefficient (Wildman–Crippen LogP) is 4.62. The quantitative estimate of drug-likeness (QED) is 0.546. The molecule has 4 aromatic rings. The molecule has 2 aromatic carbocycles. The van der Waals surface area contributed by atoms with E-state index in [1.165, 1.54) is 0 Å². The molecule has 0 spiro atoms. The number of benzene rings is 2. The van der Waals surface area contributed by atoms with Crippen molar-refractivity contribution in [3.05, 3.63) is 105 Å². The second-order valence-electron chi connectivity index (χ2n) is 7.56. The molecule has 1 amide bonds. The van der Waals surface area contributed by atoms with Crippen molar-refractivity contribution in [3.63, 3.8) is 0 Å². The smallest absolute Gasteiger partial charge is 0.260 e. The van der Waals surface area contributed by atoms with E-state index in [4.69, 9.17) is 0 Å². The van der Waals surface area contributed by atoms with E-state index in [9.17, 15) is 9.59 Å². The van der Waals surface area contributed by atoms with E-state index in [0.717, 1.165) is 22.4 Å². The van der Waals surface area contributed by atoms with Crippen LogP contribution in [0.2, 0.25) is 0 Å². The summed E-state index contributed by atoms with van der Waals surface area (Å²) in [6.45, 7) is 6.18. The van der Waals surface area contributed by atoms with Crippen LogP contribution in [0, 0.1) is 20.8 Å². The number of aromatic nitrogens is 2. The molecular weight excluding hydrogens is 374 g/mol. The molecule has 2 aromatic heterocycles. The first kappa shape index (κ1) is 19.6. The van der Waals surface area contributed by atoms with Crippen molar-refractivity contribution < 1.29 is 4.79 Å². The fourth-order valence-electron chi connectivity index (χ4n) is 3.50. The molecular formula is C25H23N3O2. The first-order valence-electron chi connectivity index (χ1n) is 9.86. The van der Waals surface area contributed by atoms with Crippen LogP contribution in [0.3, 0.4) is 0 Å². The molecule has 0 saturated carbocycles. The average Bonchev–Trinajstić information content (AvgIpc) is 2.73. The van der Waals surface area contributed by atoms with Crippen LogP contribution >= 0.6 is 0 Å². The molecule has 0 bridgehead atoms. The highest BCUT2D eigenvalue weighted by Crippen LogP contribution is 2.20. The van der Waals surface area contributed by atoms with Gasteiger partial charge in [0.2, 0.25) is 0 Å². The molecule has 0 aliphatic heterocycles. The highest BCUT2D eigenvalue weighted by molar-refractivity contribution is 6.07. The van der Waals surface area contributed by atoms with Crippen LogP contribution < -0.4 is 10.9 Å². The minimum absolute atomic E-state index is 0.162. The zero-order valence-electron chi connectivity index (χ0n) is 17.3. The van der Waals surface area contributed by atoms with Crippen molar-refractivity contribution in [3.8, 4) is 0 Å². The van der Waals surface area contributed by atoms with Crippen molar-refractivity contribution in [2.45, 2.75) is 27.3 Å².